The maximum absolute atomic E-state index is 9.31. The number of aromatic hydroxyl groups is 1. The Labute approximate surface area is 156 Å². The van der Waals surface area contributed by atoms with Crippen molar-refractivity contribution in [2.45, 2.75) is 26.2 Å². The first kappa shape index (κ1) is 19.3. The molecule has 0 aromatic heterocycles. The van der Waals surface area contributed by atoms with Gasteiger partial charge in [-0.15, -0.1) is 0 Å². The first-order chi connectivity index (χ1) is 12.6. The van der Waals surface area contributed by atoms with Gasteiger partial charge in [0.15, 0.2) is 0 Å². The van der Waals surface area contributed by atoms with Gasteiger partial charge in [-0.3, -0.25) is 0 Å². The number of rotatable bonds is 9. The quantitative estimate of drug-likeness (QED) is 0.402. The third-order valence-corrected chi connectivity index (χ3v) is 4.11. The molecule has 0 aliphatic carbocycles. The lowest BCUT2D eigenvalue weighted by Gasteiger charge is -2.10. The Kier molecular flexibility index (Phi) is 7.50. The van der Waals surface area contributed by atoms with Crippen molar-refractivity contribution in [2.24, 2.45) is 0 Å². The van der Waals surface area contributed by atoms with Gasteiger partial charge in [0.2, 0.25) is 0 Å². The molecule has 0 atom stereocenters. The summed E-state index contributed by atoms with van der Waals surface area (Å²) in [6.45, 7) is 9.97. The Bertz CT molecular complexity index is 780. The Hall–Kier alpha value is -3.00. The third kappa shape index (κ3) is 6.14. The van der Waals surface area contributed by atoms with E-state index >= 15 is 0 Å². The molecule has 0 aliphatic heterocycles. The number of allylic oxidation sites excluding steroid dienone is 6. The molecule has 0 unspecified atom stereocenters. The second-order valence-corrected chi connectivity index (χ2v) is 6.18. The molecule has 134 valence electrons. The highest BCUT2D eigenvalue weighted by Gasteiger charge is 2.00. The highest BCUT2D eigenvalue weighted by molar-refractivity contribution is 5.74. The summed E-state index contributed by atoms with van der Waals surface area (Å²) in [5.41, 5.74) is 5.56. The van der Waals surface area contributed by atoms with Crippen LogP contribution in [0, 0.1) is 0 Å². The Balaban J connectivity index is 1.83. The molecule has 26 heavy (non-hydrogen) atoms. The highest BCUT2D eigenvalue weighted by atomic mass is 16.3. The van der Waals surface area contributed by atoms with Crippen molar-refractivity contribution in [1.29, 1.82) is 0 Å². The first-order valence-electron chi connectivity index (χ1n) is 8.91. The van der Waals surface area contributed by atoms with Gasteiger partial charge in [0.25, 0.3) is 0 Å². The minimum Gasteiger partial charge on any atom is -0.508 e. The standard InChI is InChI=1S/C24H27NO/c1-4-6-10-21(5-2)22-13-11-20(12-14-22)9-7-8-19(3)25-23-15-17-24(26)18-16-23/h4-6,10-18,25-26H,2-3,7-9H2,1H3/b6-4-,21-10+. The lowest BCUT2D eigenvalue weighted by Crippen LogP contribution is -1.98. The number of phenols is 1. The molecule has 0 heterocycles. The lowest BCUT2D eigenvalue weighted by atomic mass is 10.0. The number of hydrogen-bond donors (Lipinski definition) is 2. The van der Waals surface area contributed by atoms with Crippen molar-refractivity contribution in [1.82, 2.24) is 0 Å². The summed E-state index contributed by atoms with van der Waals surface area (Å²) in [5.74, 6) is 0.268. The average Bonchev–Trinajstić information content (AvgIpc) is 2.65. The monoisotopic (exact) mass is 345 g/mol. The van der Waals surface area contributed by atoms with Gasteiger partial charge in [-0.1, -0.05) is 61.7 Å². The maximum Gasteiger partial charge on any atom is 0.115 e. The maximum atomic E-state index is 9.31. The van der Waals surface area contributed by atoms with E-state index in [4.69, 9.17) is 0 Å². The van der Waals surface area contributed by atoms with E-state index in [0.717, 1.165) is 36.2 Å². The van der Waals surface area contributed by atoms with Gasteiger partial charge in [0, 0.05) is 11.4 Å². The first-order valence-corrected chi connectivity index (χ1v) is 8.91. The normalized spacial score (nSPS) is 11.5. The van der Waals surface area contributed by atoms with Gasteiger partial charge in [-0.05, 0) is 67.2 Å². The second kappa shape index (κ2) is 10.1. The number of benzene rings is 2. The molecule has 2 rings (SSSR count). The molecule has 0 amide bonds. The van der Waals surface area contributed by atoms with Crippen molar-refractivity contribution < 1.29 is 5.11 Å². The van der Waals surface area contributed by atoms with Gasteiger partial charge in [-0.25, -0.2) is 0 Å². The van der Waals surface area contributed by atoms with Crippen molar-refractivity contribution in [3.63, 3.8) is 0 Å². The van der Waals surface area contributed by atoms with Crippen molar-refractivity contribution in [3.05, 3.63) is 103 Å². The van der Waals surface area contributed by atoms with Crippen molar-refractivity contribution in [2.75, 3.05) is 5.32 Å². The molecule has 0 spiro atoms. The second-order valence-electron chi connectivity index (χ2n) is 6.18. The predicted octanol–water partition coefficient (Wildman–Crippen LogP) is 6.49. The van der Waals surface area contributed by atoms with E-state index in [9.17, 15) is 5.11 Å². The number of nitrogens with one attached hydrogen (secondary N) is 1. The van der Waals surface area contributed by atoms with Crippen LogP contribution in [-0.4, -0.2) is 5.11 Å². The molecule has 2 heteroatoms. The Morgan fingerprint density at radius 3 is 2.38 bits per heavy atom. The smallest absolute Gasteiger partial charge is 0.115 e. The van der Waals surface area contributed by atoms with Crippen molar-refractivity contribution >= 4 is 11.3 Å². The van der Waals surface area contributed by atoms with E-state index in [2.05, 4.69) is 48.8 Å². The topological polar surface area (TPSA) is 32.3 Å². The number of aryl methyl sites for hydroxylation is 1. The van der Waals surface area contributed by atoms with Gasteiger partial charge >= 0.3 is 0 Å². The minimum atomic E-state index is 0.268. The van der Waals surface area contributed by atoms with Gasteiger partial charge < -0.3 is 10.4 Å². The summed E-state index contributed by atoms with van der Waals surface area (Å²) in [6.07, 6.45) is 10.9. The van der Waals surface area contributed by atoms with Crippen LogP contribution in [0.1, 0.15) is 30.9 Å². The fourth-order valence-electron chi connectivity index (χ4n) is 2.66. The molecule has 2 aromatic rings. The van der Waals surface area contributed by atoms with Crippen LogP contribution in [0.25, 0.3) is 5.57 Å². The van der Waals surface area contributed by atoms with E-state index in [-0.39, 0.29) is 5.75 Å². The summed E-state index contributed by atoms with van der Waals surface area (Å²) in [7, 11) is 0. The summed E-state index contributed by atoms with van der Waals surface area (Å²) in [4.78, 5) is 0. The predicted molar refractivity (Wildman–Crippen MR) is 113 cm³/mol. The zero-order valence-corrected chi connectivity index (χ0v) is 15.4. The molecule has 2 aromatic carbocycles. The van der Waals surface area contributed by atoms with Crippen LogP contribution in [0.15, 0.2) is 91.7 Å². The highest BCUT2D eigenvalue weighted by Crippen LogP contribution is 2.19. The molecular weight excluding hydrogens is 318 g/mol. The van der Waals surface area contributed by atoms with E-state index in [0.29, 0.717) is 0 Å². The molecular formula is C24H27NO. The summed E-state index contributed by atoms with van der Waals surface area (Å²) in [5, 5.41) is 12.6. The average molecular weight is 345 g/mol. The molecule has 0 aliphatic rings. The number of hydrogen-bond acceptors (Lipinski definition) is 2. The third-order valence-electron chi connectivity index (χ3n) is 4.11. The number of anilines is 1. The van der Waals surface area contributed by atoms with E-state index in [1.165, 1.54) is 11.1 Å². The zero-order valence-electron chi connectivity index (χ0n) is 15.4. The van der Waals surface area contributed by atoms with Crippen LogP contribution < -0.4 is 5.32 Å². The molecule has 0 fully saturated rings. The summed E-state index contributed by atoms with van der Waals surface area (Å²) < 4.78 is 0. The summed E-state index contributed by atoms with van der Waals surface area (Å²) in [6, 6.07) is 15.7. The molecule has 0 saturated heterocycles. The van der Waals surface area contributed by atoms with Crippen molar-refractivity contribution in [3.8, 4) is 5.75 Å². The fourth-order valence-corrected chi connectivity index (χ4v) is 2.66. The van der Waals surface area contributed by atoms with Crippen LogP contribution in [0.4, 0.5) is 5.69 Å². The summed E-state index contributed by atoms with van der Waals surface area (Å²) >= 11 is 0. The zero-order chi connectivity index (χ0) is 18.8. The Morgan fingerprint density at radius 2 is 1.77 bits per heavy atom. The molecule has 0 saturated carbocycles. The van der Waals surface area contributed by atoms with E-state index in [1.807, 2.05) is 37.3 Å². The molecule has 0 bridgehead atoms. The minimum absolute atomic E-state index is 0.268. The molecule has 0 radical (unpaired) electrons. The SMILES string of the molecule is C=C/C(=C\C=C/C)c1ccc(CCCC(=C)Nc2ccc(O)cc2)cc1. The van der Waals surface area contributed by atoms with Crippen LogP contribution in [0.5, 0.6) is 5.75 Å². The van der Waals surface area contributed by atoms with Gasteiger partial charge in [0.05, 0.1) is 0 Å². The lowest BCUT2D eigenvalue weighted by molar-refractivity contribution is 0.475. The van der Waals surface area contributed by atoms with Crippen LogP contribution >= 0.6 is 0 Å². The Morgan fingerprint density at radius 1 is 1.08 bits per heavy atom. The fraction of sp³-hybridized carbons (Fsp3) is 0.167. The largest absolute Gasteiger partial charge is 0.508 e. The van der Waals surface area contributed by atoms with Crippen LogP contribution in [-0.2, 0) is 6.42 Å². The molecule has 2 N–H and O–H groups in total. The van der Waals surface area contributed by atoms with Gasteiger partial charge in [-0.2, -0.15) is 0 Å². The van der Waals surface area contributed by atoms with Crippen LogP contribution in [0.2, 0.25) is 0 Å². The van der Waals surface area contributed by atoms with E-state index < -0.39 is 0 Å². The van der Waals surface area contributed by atoms with E-state index in [1.54, 1.807) is 12.1 Å². The van der Waals surface area contributed by atoms with Crippen LogP contribution in [0.3, 0.4) is 0 Å². The number of phenolic OH excluding ortho intramolecular Hbond substituents is 1. The molecule has 2 nitrogen and oxygen atoms in total. The van der Waals surface area contributed by atoms with Gasteiger partial charge in [0.1, 0.15) is 5.75 Å².